The van der Waals surface area contributed by atoms with Crippen LogP contribution in [0.15, 0.2) is 42.5 Å². The predicted octanol–water partition coefficient (Wildman–Crippen LogP) is 3.73. The van der Waals surface area contributed by atoms with E-state index in [-0.39, 0.29) is 5.91 Å². The molecular formula is C20H25NO4. The molecule has 0 saturated heterocycles. The molecule has 5 nitrogen and oxygen atoms in total. The van der Waals surface area contributed by atoms with Gasteiger partial charge in [0.1, 0.15) is 18.1 Å². The van der Waals surface area contributed by atoms with Gasteiger partial charge in [0.25, 0.3) is 5.91 Å². The van der Waals surface area contributed by atoms with Crippen molar-refractivity contribution in [1.82, 2.24) is 0 Å². The summed E-state index contributed by atoms with van der Waals surface area (Å²) in [7, 11) is 1.63. The van der Waals surface area contributed by atoms with Crippen molar-refractivity contribution in [3.05, 3.63) is 53.6 Å². The van der Waals surface area contributed by atoms with Gasteiger partial charge in [-0.2, -0.15) is 0 Å². The van der Waals surface area contributed by atoms with Crippen molar-refractivity contribution < 1.29 is 19.0 Å². The van der Waals surface area contributed by atoms with E-state index in [0.29, 0.717) is 18.9 Å². The number of hydrogen-bond acceptors (Lipinski definition) is 4. The maximum absolute atomic E-state index is 12.4. The van der Waals surface area contributed by atoms with Crippen LogP contribution in [0.1, 0.15) is 18.1 Å². The topological polar surface area (TPSA) is 56.8 Å². The first-order valence-electron chi connectivity index (χ1n) is 8.27. The first kappa shape index (κ1) is 18.8. The number of anilines is 1. The smallest absolute Gasteiger partial charge is 0.265 e. The lowest BCUT2D eigenvalue weighted by molar-refractivity contribution is -0.122. The molecule has 0 aliphatic heterocycles. The Morgan fingerprint density at radius 2 is 1.68 bits per heavy atom. The van der Waals surface area contributed by atoms with Crippen LogP contribution in [0.2, 0.25) is 0 Å². The van der Waals surface area contributed by atoms with Crippen LogP contribution in [0.4, 0.5) is 5.69 Å². The monoisotopic (exact) mass is 343 g/mol. The van der Waals surface area contributed by atoms with Crippen molar-refractivity contribution >= 4 is 11.6 Å². The van der Waals surface area contributed by atoms with Gasteiger partial charge in [0.2, 0.25) is 0 Å². The normalized spacial score (nSPS) is 11.7. The minimum atomic E-state index is -0.600. The van der Waals surface area contributed by atoms with Gasteiger partial charge in [0.05, 0.1) is 6.61 Å². The zero-order chi connectivity index (χ0) is 18.2. The molecular weight excluding hydrogens is 318 g/mol. The number of methoxy groups -OCH3 is 1. The van der Waals surface area contributed by atoms with E-state index in [2.05, 4.69) is 5.32 Å². The number of rotatable bonds is 8. The van der Waals surface area contributed by atoms with Crippen molar-refractivity contribution in [2.24, 2.45) is 0 Å². The van der Waals surface area contributed by atoms with Crippen molar-refractivity contribution in [3.8, 4) is 11.5 Å². The number of aryl methyl sites for hydroxylation is 2. The highest BCUT2D eigenvalue weighted by molar-refractivity contribution is 5.94. The van der Waals surface area contributed by atoms with Crippen LogP contribution in [0.5, 0.6) is 11.5 Å². The van der Waals surface area contributed by atoms with Gasteiger partial charge in [-0.05, 0) is 56.2 Å². The van der Waals surface area contributed by atoms with E-state index in [0.717, 1.165) is 22.6 Å². The molecule has 1 unspecified atom stereocenters. The van der Waals surface area contributed by atoms with Gasteiger partial charge in [-0.15, -0.1) is 0 Å². The third-order valence-corrected chi connectivity index (χ3v) is 3.75. The molecule has 2 aromatic carbocycles. The molecule has 1 amide bonds. The molecule has 0 aliphatic rings. The quantitative estimate of drug-likeness (QED) is 0.742. The molecule has 0 bridgehead atoms. The summed E-state index contributed by atoms with van der Waals surface area (Å²) in [6.45, 7) is 6.70. The molecule has 2 aromatic rings. The summed E-state index contributed by atoms with van der Waals surface area (Å²) in [5.74, 6) is 1.29. The average Bonchev–Trinajstić information content (AvgIpc) is 2.60. The summed E-state index contributed by atoms with van der Waals surface area (Å²) in [6, 6.07) is 13.1. The summed E-state index contributed by atoms with van der Waals surface area (Å²) >= 11 is 0. The molecule has 0 spiro atoms. The van der Waals surface area contributed by atoms with Gasteiger partial charge in [-0.25, -0.2) is 0 Å². The third-order valence-electron chi connectivity index (χ3n) is 3.75. The number of benzene rings is 2. The van der Waals surface area contributed by atoms with Gasteiger partial charge >= 0.3 is 0 Å². The average molecular weight is 343 g/mol. The Kier molecular flexibility index (Phi) is 6.83. The molecule has 0 fully saturated rings. The number of para-hydroxylation sites is 1. The standard InChI is InChI=1S/C20H25NO4/c1-14-6-5-7-15(2)19(14)25-16(3)20(22)21-17-8-10-18(11-9-17)24-13-12-23-4/h5-11,16H,12-13H2,1-4H3,(H,21,22). The second kappa shape index (κ2) is 9.08. The number of nitrogens with one attached hydrogen (secondary N) is 1. The van der Waals surface area contributed by atoms with Crippen LogP contribution in [0.25, 0.3) is 0 Å². The molecule has 0 aromatic heterocycles. The van der Waals surface area contributed by atoms with Crippen molar-refractivity contribution in [2.75, 3.05) is 25.6 Å². The van der Waals surface area contributed by atoms with Gasteiger partial charge < -0.3 is 19.5 Å². The first-order chi connectivity index (χ1) is 12.0. The van der Waals surface area contributed by atoms with E-state index >= 15 is 0 Å². The molecule has 25 heavy (non-hydrogen) atoms. The van der Waals surface area contributed by atoms with Gasteiger partial charge in [-0.3, -0.25) is 4.79 Å². The predicted molar refractivity (Wildman–Crippen MR) is 98.4 cm³/mol. The maximum atomic E-state index is 12.4. The molecule has 1 N–H and O–H groups in total. The summed E-state index contributed by atoms with van der Waals surface area (Å²) in [5, 5.41) is 2.85. The van der Waals surface area contributed by atoms with Crippen molar-refractivity contribution in [2.45, 2.75) is 26.9 Å². The molecule has 0 saturated carbocycles. The molecule has 0 radical (unpaired) electrons. The number of amides is 1. The second-order valence-corrected chi connectivity index (χ2v) is 5.84. The number of ether oxygens (including phenoxy) is 3. The molecule has 0 heterocycles. The van der Waals surface area contributed by atoms with Crippen LogP contribution in [0, 0.1) is 13.8 Å². The Morgan fingerprint density at radius 1 is 1.04 bits per heavy atom. The van der Waals surface area contributed by atoms with Crippen LogP contribution < -0.4 is 14.8 Å². The van der Waals surface area contributed by atoms with E-state index in [1.54, 1.807) is 26.2 Å². The summed E-state index contributed by atoms with van der Waals surface area (Å²) in [5.41, 5.74) is 2.72. The van der Waals surface area contributed by atoms with E-state index in [1.165, 1.54) is 0 Å². The van der Waals surface area contributed by atoms with E-state index in [9.17, 15) is 4.79 Å². The fourth-order valence-electron chi connectivity index (χ4n) is 2.34. The van der Waals surface area contributed by atoms with Gasteiger partial charge in [0, 0.05) is 12.8 Å². The molecule has 134 valence electrons. The van der Waals surface area contributed by atoms with Gasteiger partial charge in [-0.1, -0.05) is 18.2 Å². The fraction of sp³-hybridized carbons (Fsp3) is 0.350. The zero-order valence-corrected chi connectivity index (χ0v) is 15.2. The molecule has 5 heteroatoms. The van der Waals surface area contributed by atoms with Crippen LogP contribution in [0.3, 0.4) is 0 Å². The first-order valence-corrected chi connectivity index (χ1v) is 8.27. The highest BCUT2D eigenvalue weighted by Gasteiger charge is 2.17. The van der Waals surface area contributed by atoms with Crippen LogP contribution >= 0.6 is 0 Å². The lowest BCUT2D eigenvalue weighted by atomic mass is 10.1. The highest BCUT2D eigenvalue weighted by Crippen LogP contribution is 2.24. The molecule has 0 aliphatic carbocycles. The lowest BCUT2D eigenvalue weighted by Crippen LogP contribution is -2.30. The Labute approximate surface area is 148 Å². The Morgan fingerprint density at radius 3 is 2.28 bits per heavy atom. The Balaban J connectivity index is 1.92. The highest BCUT2D eigenvalue weighted by atomic mass is 16.5. The Hall–Kier alpha value is -2.53. The summed E-state index contributed by atoms with van der Waals surface area (Å²) < 4.78 is 16.3. The fourth-order valence-corrected chi connectivity index (χ4v) is 2.34. The lowest BCUT2D eigenvalue weighted by Gasteiger charge is -2.18. The van der Waals surface area contributed by atoms with E-state index in [4.69, 9.17) is 14.2 Å². The summed E-state index contributed by atoms with van der Waals surface area (Å²) in [4.78, 5) is 12.4. The zero-order valence-electron chi connectivity index (χ0n) is 15.2. The third kappa shape index (κ3) is 5.50. The van der Waals surface area contributed by atoms with Crippen molar-refractivity contribution in [3.63, 3.8) is 0 Å². The molecule has 1 atom stereocenters. The second-order valence-electron chi connectivity index (χ2n) is 5.84. The van der Waals surface area contributed by atoms with Crippen molar-refractivity contribution in [1.29, 1.82) is 0 Å². The molecule has 2 rings (SSSR count). The minimum Gasteiger partial charge on any atom is -0.491 e. The summed E-state index contributed by atoms with van der Waals surface area (Å²) in [6.07, 6.45) is -0.600. The van der Waals surface area contributed by atoms with E-state index in [1.807, 2.05) is 44.2 Å². The minimum absolute atomic E-state index is 0.198. The number of hydrogen-bond donors (Lipinski definition) is 1. The number of carbonyl (C=O) groups excluding carboxylic acids is 1. The largest absolute Gasteiger partial charge is 0.491 e. The van der Waals surface area contributed by atoms with Gasteiger partial charge in [0.15, 0.2) is 6.10 Å². The maximum Gasteiger partial charge on any atom is 0.265 e. The SMILES string of the molecule is COCCOc1ccc(NC(=O)C(C)Oc2c(C)cccc2C)cc1. The van der Waals surface area contributed by atoms with E-state index < -0.39 is 6.10 Å². The van der Waals surface area contributed by atoms with Crippen LogP contribution in [-0.4, -0.2) is 32.3 Å². The number of carbonyl (C=O) groups is 1. The Bertz CT molecular complexity index is 677. The van der Waals surface area contributed by atoms with Crippen LogP contribution in [-0.2, 0) is 9.53 Å².